The van der Waals surface area contributed by atoms with E-state index in [2.05, 4.69) is 61.4 Å². The maximum Gasteiger partial charge on any atom is 0.407 e. The molecule has 1 aromatic rings. The molecule has 1 atom stereocenters. The van der Waals surface area contributed by atoms with E-state index in [9.17, 15) is 4.79 Å². The Balaban J connectivity index is 0.00000841. The molecule has 1 rings (SSSR count). The molecule has 0 saturated heterocycles. The van der Waals surface area contributed by atoms with E-state index in [1.54, 1.807) is 6.92 Å². The number of aryl methyl sites for hydroxylation is 1. The third-order valence-electron chi connectivity index (χ3n) is 4.40. The Morgan fingerprint density at radius 1 is 1.30 bits per heavy atom. The molecule has 174 valence electrons. The molecule has 2 N–H and O–H groups in total. The number of halogens is 1. The fourth-order valence-corrected chi connectivity index (χ4v) is 3.25. The van der Waals surface area contributed by atoms with Gasteiger partial charge in [-0.05, 0) is 32.1 Å². The molecule has 1 heterocycles. The van der Waals surface area contributed by atoms with Gasteiger partial charge in [0, 0.05) is 38.9 Å². The number of hydrogen-bond acceptors (Lipinski definition) is 4. The number of amides is 1. The number of carbonyl (C=O) groups is 1. The first-order valence-electron chi connectivity index (χ1n) is 10.6. The number of guanidine groups is 1. The van der Waals surface area contributed by atoms with Crippen molar-refractivity contribution >= 4 is 36.0 Å². The number of aromatic nitrogens is 2. The number of aliphatic imine (C=N–C) groups is 1. The van der Waals surface area contributed by atoms with Gasteiger partial charge in [0.15, 0.2) is 5.96 Å². The zero-order chi connectivity index (χ0) is 22.0. The average molecular weight is 537 g/mol. The number of alkyl carbamates (subject to hydrolysis) is 1. The molecule has 0 spiro atoms. The summed E-state index contributed by atoms with van der Waals surface area (Å²) in [5, 5.41) is 10.9. The molecule has 1 aromatic heterocycles. The van der Waals surface area contributed by atoms with Gasteiger partial charge in [-0.25, -0.2) is 4.79 Å². The molecular formula is C21H41IN6O2. The van der Waals surface area contributed by atoms with E-state index in [4.69, 9.17) is 9.73 Å². The third-order valence-corrected chi connectivity index (χ3v) is 4.40. The Labute approximate surface area is 199 Å². The minimum absolute atomic E-state index is 0. The van der Waals surface area contributed by atoms with Crippen molar-refractivity contribution in [3.8, 4) is 0 Å². The van der Waals surface area contributed by atoms with Crippen LogP contribution in [0.1, 0.15) is 65.1 Å². The lowest BCUT2D eigenvalue weighted by molar-refractivity contribution is 0.147. The Morgan fingerprint density at radius 2 is 1.97 bits per heavy atom. The molecule has 0 fully saturated rings. The van der Waals surface area contributed by atoms with E-state index in [0.29, 0.717) is 31.5 Å². The van der Waals surface area contributed by atoms with Crippen LogP contribution in [0.5, 0.6) is 0 Å². The smallest absolute Gasteiger partial charge is 0.407 e. The minimum Gasteiger partial charge on any atom is -0.450 e. The van der Waals surface area contributed by atoms with Crippen molar-refractivity contribution in [2.75, 3.05) is 26.7 Å². The first-order valence-corrected chi connectivity index (χ1v) is 10.6. The van der Waals surface area contributed by atoms with E-state index in [1.165, 1.54) is 5.56 Å². The predicted octanol–water partition coefficient (Wildman–Crippen LogP) is 3.72. The van der Waals surface area contributed by atoms with Crippen molar-refractivity contribution in [3.63, 3.8) is 0 Å². The summed E-state index contributed by atoms with van der Waals surface area (Å²) in [6, 6.07) is -0.0688. The van der Waals surface area contributed by atoms with Crippen molar-refractivity contribution in [1.29, 1.82) is 0 Å². The second kappa shape index (κ2) is 14.5. The van der Waals surface area contributed by atoms with Crippen LogP contribution in [0.4, 0.5) is 4.79 Å². The summed E-state index contributed by atoms with van der Waals surface area (Å²) in [4.78, 5) is 18.8. The fraction of sp³-hybridized carbons (Fsp3) is 0.762. The molecule has 0 aliphatic heterocycles. The maximum absolute atomic E-state index is 11.9. The SMILES string of the molecule is CCNC(=NCC(CC(C)C)NC(=O)OCC)N(C)Cc1cn(C)nc1C(C)C.I. The van der Waals surface area contributed by atoms with Crippen LogP contribution in [0.3, 0.4) is 0 Å². The second-order valence-electron chi connectivity index (χ2n) is 8.11. The van der Waals surface area contributed by atoms with Gasteiger partial charge >= 0.3 is 6.09 Å². The van der Waals surface area contributed by atoms with Gasteiger partial charge in [-0.3, -0.25) is 9.67 Å². The Morgan fingerprint density at radius 3 is 2.50 bits per heavy atom. The number of rotatable bonds is 10. The summed E-state index contributed by atoms with van der Waals surface area (Å²) in [5.74, 6) is 1.62. The number of hydrogen-bond donors (Lipinski definition) is 2. The molecule has 0 bridgehead atoms. The number of nitrogens with zero attached hydrogens (tertiary/aromatic N) is 4. The number of ether oxygens (including phenoxy) is 1. The summed E-state index contributed by atoms with van der Waals surface area (Å²) in [6.07, 6.45) is 2.52. The van der Waals surface area contributed by atoms with E-state index in [-0.39, 0.29) is 36.1 Å². The summed E-state index contributed by atoms with van der Waals surface area (Å²) in [7, 11) is 3.97. The van der Waals surface area contributed by atoms with Crippen LogP contribution in [0, 0.1) is 5.92 Å². The lowest BCUT2D eigenvalue weighted by atomic mass is 10.0. The molecule has 30 heavy (non-hydrogen) atoms. The molecule has 0 aromatic carbocycles. The van der Waals surface area contributed by atoms with Crippen molar-refractivity contribution in [1.82, 2.24) is 25.3 Å². The molecule has 9 heteroatoms. The van der Waals surface area contributed by atoms with Crippen molar-refractivity contribution < 1.29 is 9.53 Å². The molecule has 0 aliphatic rings. The zero-order valence-corrected chi connectivity index (χ0v) is 22.2. The van der Waals surface area contributed by atoms with Crippen LogP contribution in [0.2, 0.25) is 0 Å². The van der Waals surface area contributed by atoms with Gasteiger partial charge in [-0.15, -0.1) is 24.0 Å². The largest absolute Gasteiger partial charge is 0.450 e. The van der Waals surface area contributed by atoms with Crippen LogP contribution in [0.15, 0.2) is 11.2 Å². The highest BCUT2D eigenvalue weighted by Crippen LogP contribution is 2.18. The Hall–Kier alpha value is -1.52. The van der Waals surface area contributed by atoms with E-state index in [0.717, 1.165) is 24.6 Å². The molecular weight excluding hydrogens is 495 g/mol. The zero-order valence-electron chi connectivity index (χ0n) is 19.9. The van der Waals surface area contributed by atoms with Crippen molar-refractivity contribution in [3.05, 3.63) is 17.5 Å². The van der Waals surface area contributed by atoms with Gasteiger partial charge in [-0.2, -0.15) is 5.10 Å². The maximum atomic E-state index is 11.9. The summed E-state index contributed by atoms with van der Waals surface area (Å²) in [5.41, 5.74) is 2.30. The van der Waals surface area contributed by atoms with E-state index >= 15 is 0 Å². The van der Waals surface area contributed by atoms with Crippen LogP contribution < -0.4 is 10.6 Å². The number of carbonyl (C=O) groups excluding carboxylic acids is 1. The first-order chi connectivity index (χ1) is 13.7. The van der Waals surface area contributed by atoms with E-state index in [1.807, 2.05) is 18.8 Å². The predicted molar refractivity (Wildman–Crippen MR) is 134 cm³/mol. The van der Waals surface area contributed by atoms with Crippen molar-refractivity contribution in [2.45, 2.75) is 66.5 Å². The third kappa shape index (κ3) is 9.99. The molecule has 1 amide bonds. The molecule has 0 radical (unpaired) electrons. The summed E-state index contributed by atoms with van der Waals surface area (Å²) < 4.78 is 6.90. The summed E-state index contributed by atoms with van der Waals surface area (Å²) in [6.45, 7) is 14.8. The number of nitrogens with one attached hydrogen (secondary N) is 2. The van der Waals surface area contributed by atoms with Gasteiger partial charge in [0.1, 0.15) is 0 Å². The second-order valence-corrected chi connectivity index (χ2v) is 8.11. The highest BCUT2D eigenvalue weighted by Gasteiger charge is 2.17. The molecule has 8 nitrogen and oxygen atoms in total. The van der Waals surface area contributed by atoms with Crippen LogP contribution in [-0.4, -0.2) is 59.5 Å². The summed E-state index contributed by atoms with van der Waals surface area (Å²) >= 11 is 0. The van der Waals surface area contributed by atoms with Crippen LogP contribution in [0.25, 0.3) is 0 Å². The van der Waals surface area contributed by atoms with Crippen LogP contribution >= 0.6 is 24.0 Å². The Bertz CT molecular complexity index is 660. The average Bonchev–Trinajstić information content (AvgIpc) is 2.98. The van der Waals surface area contributed by atoms with Gasteiger partial charge in [0.25, 0.3) is 0 Å². The lowest BCUT2D eigenvalue weighted by Crippen LogP contribution is -2.42. The first kappa shape index (κ1) is 28.5. The normalized spacial score (nSPS) is 12.5. The van der Waals surface area contributed by atoms with Gasteiger partial charge in [0.05, 0.1) is 24.9 Å². The highest BCUT2D eigenvalue weighted by atomic mass is 127. The van der Waals surface area contributed by atoms with Crippen molar-refractivity contribution in [2.24, 2.45) is 18.0 Å². The minimum atomic E-state index is -0.386. The van der Waals surface area contributed by atoms with Crippen LogP contribution in [-0.2, 0) is 18.3 Å². The van der Waals surface area contributed by atoms with Gasteiger partial charge in [0.2, 0.25) is 0 Å². The topological polar surface area (TPSA) is 83.8 Å². The Kier molecular flexibility index (Phi) is 13.7. The molecule has 1 unspecified atom stereocenters. The lowest BCUT2D eigenvalue weighted by Gasteiger charge is -2.24. The molecule has 0 aliphatic carbocycles. The molecule has 0 saturated carbocycles. The fourth-order valence-electron chi connectivity index (χ4n) is 3.25. The monoisotopic (exact) mass is 536 g/mol. The highest BCUT2D eigenvalue weighted by molar-refractivity contribution is 14.0. The quantitative estimate of drug-likeness (QED) is 0.271. The van der Waals surface area contributed by atoms with E-state index < -0.39 is 0 Å². The standard InChI is InChI=1S/C21H40N6O2.HI/c1-9-22-20(23-12-18(11-15(3)4)24-21(28)29-10-2)26(7)13-17-14-27(8)25-19(17)16(5)6;/h14-16,18H,9-13H2,1-8H3,(H,22,23)(H,24,28);1H. The van der Waals surface area contributed by atoms with Gasteiger partial charge in [-0.1, -0.05) is 27.7 Å². The van der Waals surface area contributed by atoms with Gasteiger partial charge < -0.3 is 20.3 Å².